The fourth-order valence-corrected chi connectivity index (χ4v) is 2.91. The van der Waals surface area contributed by atoms with Crippen LogP contribution >= 0.6 is 22.9 Å². The molecular formula is C10H6ClN3OS. The Morgan fingerprint density at radius 1 is 1.25 bits per heavy atom. The van der Waals surface area contributed by atoms with Gasteiger partial charge in [-0.05, 0) is 6.07 Å². The van der Waals surface area contributed by atoms with E-state index < -0.39 is 0 Å². The molecule has 0 saturated heterocycles. The molecule has 2 heterocycles. The second-order valence-electron chi connectivity index (χ2n) is 3.19. The van der Waals surface area contributed by atoms with Gasteiger partial charge in [-0.1, -0.05) is 34.9 Å². The SMILES string of the molecule is Nc1nnc(-c2sc3ccccc3c2Cl)o1. The van der Waals surface area contributed by atoms with Gasteiger partial charge in [-0.3, -0.25) is 0 Å². The lowest BCUT2D eigenvalue weighted by atomic mass is 10.2. The molecule has 0 fully saturated rings. The van der Waals surface area contributed by atoms with E-state index in [0.29, 0.717) is 10.9 Å². The Morgan fingerprint density at radius 3 is 2.75 bits per heavy atom. The molecular weight excluding hydrogens is 246 g/mol. The zero-order valence-electron chi connectivity index (χ0n) is 7.98. The van der Waals surface area contributed by atoms with Crippen molar-refractivity contribution in [1.29, 1.82) is 0 Å². The highest BCUT2D eigenvalue weighted by Gasteiger charge is 2.16. The lowest BCUT2D eigenvalue weighted by Gasteiger charge is -1.89. The smallest absolute Gasteiger partial charge is 0.313 e. The summed E-state index contributed by atoms with van der Waals surface area (Å²) in [5, 5.41) is 9.06. The van der Waals surface area contributed by atoms with Crippen LogP contribution in [0.4, 0.5) is 6.01 Å². The number of fused-ring (bicyclic) bond motifs is 1. The Morgan fingerprint density at radius 2 is 2.06 bits per heavy atom. The minimum Gasteiger partial charge on any atom is -0.403 e. The fraction of sp³-hybridized carbons (Fsp3) is 0. The standard InChI is InChI=1S/C10H6ClN3OS/c11-7-5-3-1-2-4-6(5)16-8(7)9-13-14-10(12)15-9/h1-4H,(H2,12,14). The van der Waals surface area contributed by atoms with Gasteiger partial charge in [0.2, 0.25) is 0 Å². The van der Waals surface area contributed by atoms with Crippen molar-refractivity contribution in [2.75, 3.05) is 5.73 Å². The maximum absolute atomic E-state index is 6.24. The highest BCUT2D eigenvalue weighted by atomic mass is 35.5. The summed E-state index contributed by atoms with van der Waals surface area (Å²) in [5.41, 5.74) is 5.38. The number of rotatable bonds is 1. The third-order valence-electron chi connectivity index (χ3n) is 2.17. The number of hydrogen-bond donors (Lipinski definition) is 1. The van der Waals surface area contributed by atoms with Crippen LogP contribution in [0, 0.1) is 0 Å². The highest BCUT2D eigenvalue weighted by Crippen LogP contribution is 2.41. The van der Waals surface area contributed by atoms with Crippen LogP contribution in [0.2, 0.25) is 5.02 Å². The molecule has 0 atom stereocenters. The van der Waals surface area contributed by atoms with E-state index >= 15 is 0 Å². The van der Waals surface area contributed by atoms with Crippen molar-refractivity contribution in [3.05, 3.63) is 29.3 Å². The average molecular weight is 252 g/mol. The number of aromatic nitrogens is 2. The number of halogens is 1. The molecule has 0 unspecified atom stereocenters. The van der Waals surface area contributed by atoms with Gasteiger partial charge in [0, 0.05) is 10.1 Å². The number of anilines is 1. The van der Waals surface area contributed by atoms with Gasteiger partial charge in [0.15, 0.2) is 0 Å². The Bertz CT molecular complexity index is 661. The van der Waals surface area contributed by atoms with Crippen molar-refractivity contribution >= 4 is 39.0 Å². The van der Waals surface area contributed by atoms with Crippen LogP contribution in [0.3, 0.4) is 0 Å². The molecule has 0 bridgehead atoms. The topological polar surface area (TPSA) is 64.9 Å². The summed E-state index contributed by atoms with van der Waals surface area (Å²) in [6, 6.07) is 7.89. The van der Waals surface area contributed by atoms with Crippen LogP contribution in [0.1, 0.15) is 0 Å². The van der Waals surface area contributed by atoms with Gasteiger partial charge in [0.05, 0.1) is 5.02 Å². The van der Waals surface area contributed by atoms with Gasteiger partial charge >= 0.3 is 6.01 Å². The Balaban J connectivity index is 2.28. The van der Waals surface area contributed by atoms with Crippen LogP contribution in [-0.4, -0.2) is 10.2 Å². The predicted octanol–water partition coefficient (Wildman–Crippen LogP) is 3.19. The average Bonchev–Trinajstić information content (AvgIpc) is 2.84. The quantitative estimate of drug-likeness (QED) is 0.721. The molecule has 4 nitrogen and oxygen atoms in total. The summed E-state index contributed by atoms with van der Waals surface area (Å²) in [4.78, 5) is 0.757. The summed E-state index contributed by atoms with van der Waals surface area (Å²) < 4.78 is 6.24. The number of benzene rings is 1. The summed E-state index contributed by atoms with van der Waals surface area (Å²) >= 11 is 7.75. The molecule has 0 aliphatic rings. The molecule has 16 heavy (non-hydrogen) atoms. The van der Waals surface area contributed by atoms with Crippen LogP contribution in [-0.2, 0) is 0 Å². The molecule has 0 saturated carbocycles. The third kappa shape index (κ3) is 1.36. The molecule has 3 aromatic rings. The monoisotopic (exact) mass is 251 g/mol. The molecule has 2 N–H and O–H groups in total. The normalized spacial score (nSPS) is 11.1. The minimum atomic E-state index is 0.0449. The first-order valence-corrected chi connectivity index (χ1v) is 5.71. The molecule has 0 aliphatic carbocycles. The van der Waals surface area contributed by atoms with Crippen LogP contribution < -0.4 is 5.73 Å². The molecule has 0 aliphatic heterocycles. The lowest BCUT2D eigenvalue weighted by Crippen LogP contribution is -1.81. The molecule has 1 aromatic carbocycles. The van der Waals surface area contributed by atoms with E-state index in [1.165, 1.54) is 11.3 Å². The van der Waals surface area contributed by atoms with Gasteiger partial charge in [0.25, 0.3) is 5.89 Å². The van der Waals surface area contributed by atoms with Crippen LogP contribution in [0.15, 0.2) is 28.7 Å². The summed E-state index contributed by atoms with van der Waals surface area (Å²) in [6.45, 7) is 0. The number of nitrogen functional groups attached to an aromatic ring is 1. The van der Waals surface area contributed by atoms with E-state index in [2.05, 4.69) is 10.2 Å². The summed E-state index contributed by atoms with van der Waals surface area (Å²) in [5.74, 6) is 0.365. The van der Waals surface area contributed by atoms with Crippen molar-refractivity contribution in [1.82, 2.24) is 10.2 Å². The van der Waals surface area contributed by atoms with Gasteiger partial charge < -0.3 is 10.2 Å². The zero-order valence-corrected chi connectivity index (χ0v) is 9.55. The number of hydrogen-bond acceptors (Lipinski definition) is 5. The van der Waals surface area contributed by atoms with Gasteiger partial charge in [-0.15, -0.1) is 16.4 Å². The Kier molecular flexibility index (Phi) is 2.08. The van der Waals surface area contributed by atoms with E-state index in [1.54, 1.807) is 0 Å². The molecule has 0 radical (unpaired) electrons. The van der Waals surface area contributed by atoms with E-state index in [9.17, 15) is 0 Å². The minimum absolute atomic E-state index is 0.0449. The molecule has 0 amide bonds. The van der Waals surface area contributed by atoms with Crippen molar-refractivity contribution in [3.8, 4) is 10.8 Å². The first kappa shape index (κ1) is 9.62. The molecule has 0 spiro atoms. The number of nitrogens with zero attached hydrogens (tertiary/aromatic N) is 2. The summed E-state index contributed by atoms with van der Waals surface area (Å²) in [7, 11) is 0. The number of thiophene rings is 1. The second kappa shape index (κ2) is 3.47. The summed E-state index contributed by atoms with van der Waals surface area (Å²) in [6.07, 6.45) is 0. The van der Waals surface area contributed by atoms with Crippen molar-refractivity contribution < 1.29 is 4.42 Å². The van der Waals surface area contributed by atoms with Gasteiger partial charge in [0.1, 0.15) is 4.88 Å². The van der Waals surface area contributed by atoms with Gasteiger partial charge in [-0.25, -0.2) is 0 Å². The predicted molar refractivity (Wildman–Crippen MR) is 64.5 cm³/mol. The van der Waals surface area contributed by atoms with E-state index in [4.69, 9.17) is 21.8 Å². The van der Waals surface area contributed by atoms with Crippen molar-refractivity contribution in [2.24, 2.45) is 0 Å². The fourth-order valence-electron chi connectivity index (χ4n) is 1.48. The molecule has 6 heteroatoms. The first-order valence-electron chi connectivity index (χ1n) is 4.52. The molecule has 2 aromatic heterocycles. The molecule has 80 valence electrons. The second-order valence-corrected chi connectivity index (χ2v) is 4.62. The molecule has 3 rings (SSSR count). The zero-order chi connectivity index (χ0) is 11.1. The van der Waals surface area contributed by atoms with Crippen LogP contribution in [0.5, 0.6) is 0 Å². The third-order valence-corrected chi connectivity index (χ3v) is 3.83. The Hall–Kier alpha value is -1.59. The van der Waals surface area contributed by atoms with Crippen molar-refractivity contribution in [2.45, 2.75) is 0 Å². The van der Waals surface area contributed by atoms with E-state index in [0.717, 1.165) is 15.0 Å². The lowest BCUT2D eigenvalue weighted by molar-refractivity contribution is 0.592. The van der Waals surface area contributed by atoms with E-state index in [1.807, 2.05) is 24.3 Å². The maximum atomic E-state index is 6.24. The van der Waals surface area contributed by atoms with Crippen LogP contribution in [0.25, 0.3) is 20.9 Å². The van der Waals surface area contributed by atoms with Gasteiger partial charge in [-0.2, -0.15) is 0 Å². The van der Waals surface area contributed by atoms with Crippen molar-refractivity contribution in [3.63, 3.8) is 0 Å². The first-order chi connectivity index (χ1) is 7.75. The Labute approximate surface area is 99.7 Å². The van der Waals surface area contributed by atoms with E-state index in [-0.39, 0.29) is 6.01 Å². The maximum Gasteiger partial charge on any atom is 0.313 e. The number of nitrogens with two attached hydrogens (primary N) is 1. The largest absolute Gasteiger partial charge is 0.403 e. The highest BCUT2D eigenvalue weighted by molar-refractivity contribution is 7.23.